The normalized spacial score (nSPS) is 12.4. The molecule has 0 saturated carbocycles. The maximum atomic E-state index is 13.1. The Balaban J connectivity index is 0.000000164. The minimum absolute atomic E-state index is 0.0136. The number of hydrogen-bond donors (Lipinski definition) is 5. The highest BCUT2D eigenvalue weighted by atomic mass is 35.5. The molecule has 30 heteroatoms. The maximum Gasteiger partial charge on any atom is 0.319 e. The largest absolute Gasteiger partial charge is 0.481 e. The predicted molar refractivity (Wildman–Crippen MR) is 556 cm³/mol. The van der Waals surface area contributed by atoms with Crippen LogP contribution in [0.4, 0.5) is 0 Å². The van der Waals surface area contributed by atoms with Crippen molar-refractivity contribution in [2.75, 3.05) is 0 Å². The molecule has 22 nitrogen and oxygen atoms in total. The number of thioether (sulfide) groups is 5. The number of benzene rings is 10. The van der Waals surface area contributed by atoms with Crippen molar-refractivity contribution in [1.29, 1.82) is 0 Å². The Bertz CT molecular complexity index is 6920. The Morgan fingerprint density at radius 3 is 1.01 bits per heavy atom. The van der Waals surface area contributed by atoms with Crippen LogP contribution in [-0.4, -0.2) is 138 Å². The Hall–Kier alpha value is -11.1. The summed E-state index contributed by atoms with van der Waals surface area (Å²) < 4.78 is 4.82. The van der Waals surface area contributed by atoms with E-state index in [9.17, 15) is 59.1 Å². The van der Waals surface area contributed by atoms with Gasteiger partial charge in [0.15, 0.2) is 25.8 Å². The molecule has 0 fully saturated rings. The van der Waals surface area contributed by atoms with Crippen molar-refractivity contribution in [1.82, 2.24) is 47.8 Å². The van der Waals surface area contributed by atoms with E-state index >= 15 is 0 Å². The van der Waals surface area contributed by atoms with E-state index in [1.807, 2.05) is 183 Å². The molecule has 10 aromatic carbocycles. The van der Waals surface area contributed by atoms with E-state index in [4.69, 9.17) is 34.8 Å². The van der Waals surface area contributed by atoms with Gasteiger partial charge in [0.25, 0.3) is 0 Å². The van der Waals surface area contributed by atoms with Crippen molar-refractivity contribution in [3.63, 3.8) is 0 Å². The molecule has 5 N–H and O–H groups in total. The first-order valence-electron chi connectivity index (χ1n) is 44.6. The van der Waals surface area contributed by atoms with Gasteiger partial charge < -0.3 is 25.5 Å². The molecule has 2 unspecified atom stereocenters. The van der Waals surface area contributed by atoms with Crippen molar-refractivity contribution in [2.45, 2.75) is 219 Å². The van der Waals surface area contributed by atoms with Crippen LogP contribution in [0.15, 0.2) is 257 Å². The van der Waals surface area contributed by atoms with Crippen molar-refractivity contribution in [3.8, 4) is 28.4 Å². The van der Waals surface area contributed by atoms with Crippen molar-refractivity contribution < 1.29 is 59.1 Å². The van der Waals surface area contributed by atoms with E-state index in [0.29, 0.717) is 53.1 Å². The van der Waals surface area contributed by atoms with Gasteiger partial charge in [-0.2, -0.15) is 0 Å². The van der Waals surface area contributed by atoms with Crippen LogP contribution in [0.1, 0.15) is 178 Å². The number of Topliss-reactive ketones (excluding diaryl/α,β-unsaturated/α-hetero) is 2. The quantitative estimate of drug-likeness (QED) is 0.0252. The molecule has 136 heavy (non-hydrogen) atoms. The van der Waals surface area contributed by atoms with Crippen LogP contribution in [-0.2, 0) is 40.0 Å². The molecule has 0 radical (unpaired) electrons. The van der Waals surface area contributed by atoms with Gasteiger partial charge >= 0.3 is 29.8 Å². The number of nitrogens with zero attached hydrogens (tertiary/aromatic N) is 10. The lowest BCUT2D eigenvalue weighted by molar-refractivity contribution is -0.146. The summed E-state index contributed by atoms with van der Waals surface area (Å²) in [7, 11) is 0. The SMILES string of the molecule is CC(C)(Sc1ncc(Cl)n1-c1cccc2ccccc12)C(=O)O.CC(C)c1ccc(-n2c(Cl)cnc2SC(C)(C)C(=O)O)c2ccccc12.CC(C)c1ccc(-n2ccnc2SC(C)(C)C(=O)CC(C(=O)O)C(C)C)c2ccccc12.CCc1ccc(-n2c(Cl)cnc2SC(C)(C)C(=O)O)c2ccccc12.Cc1ccc(-n2ccnc2SC(C)(C)C(=O)CC(C(=O)O)C(C)C)c2ccccc12. The smallest absolute Gasteiger partial charge is 0.319 e. The van der Waals surface area contributed by atoms with Crippen LogP contribution in [0.5, 0.6) is 0 Å². The van der Waals surface area contributed by atoms with Gasteiger partial charge in [0.2, 0.25) is 0 Å². The highest BCUT2D eigenvalue weighted by Gasteiger charge is 2.40. The summed E-state index contributed by atoms with van der Waals surface area (Å²) in [6.45, 7) is 37.6. The molecule has 5 heterocycles. The zero-order chi connectivity index (χ0) is 99.5. The summed E-state index contributed by atoms with van der Waals surface area (Å²) in [4.78, 5) is 106. The van der Waals surface area contributed by atoms with Crippen LogP contribution >= 0.6 is 93.6 Å². The average molecular weight is 1990 g/mol. The Labute approximate surface area is 829 Å². The summed E-state index contributed by atoms with van der Waals surface area (Å²) in [6, 6.07) is 63.5. The molecule has 712 valence electrons. The van der Waals surface area contributed by atoms with Crippen molar-refractivity contribution in [2.24, 2.45) is 23.7 Å². The molecule has 15 rings (SSSR count). The van der Waals surface area contributed by atoms with Gasteiger partial charge in [-0.25, -0.2) is 24.9 Å². The van der Waals surface area contributed by atoms with E-state index in [0.717, 1.165) is 67.2 Å². The topological polar surface area (TPSA) is 310 Å². The van der Waals surface area contributed by atoms with E-state index in [2.05, 4.69) is 157 Å². The average Bonchev–Trinajstić information content (AvgIpc) is 1.48. The minimum Gasteiger partial charge on any atom is -0.481 e. The second kappa shape index (κ2) is 44.5. The molecule has 0 saturated heterocycles. The Morgan fingerprint density at radius 2 is 0.640 bits per heavy atom. The van der Waals surface area contributed by atoms with Gasteiger partial charge in [-0.15, -0.1) is 0 Å². The van der Waals surface area contributed by atoms with Crippen LogP contribution in [0.25, 0.3) is 82.3 Å². The van der Waals surface area contributed by atoms with Crippen molar-refractivity contribution >= 4 is 189 Å². The fourth-order valence-electron chi connectivity index (χ4n) is 15.3. The summed E-state index contributed by atoms with van der Waals surface area (Å²) in [5.41, 5.74) is 9.72. The molecule has 0 aliphatic heterocycles. The van der Waals surface area contributed by atoms with Crippen LogP contribution in [0.2, 0.25) is 15.5 Å². The molecule has 0 bridgehead atoms. The van der Waals surface area contributed by atoms with E-state index in [1.165, 1.54) is 103 Å². The number of rotatable bonds is 31. The molecule has 15 aromatic rings. The summed E-state index contributed by atoms with van der Waals surface area (Å²) >= 11 is 25.4. The lowest BCUT2D eigenvalue weighted by Crippen LogP contribution is -2.33. The number of carboxylic acids is 5. The predicted octanol–water partition coefficient (Wildman–Crippen LogP) is 27.4. The Morgan fingerprint density at radius 1 is 0.338 bits per heavy atom. The summed E-state index contributed by atoms with van der Waals surface area (Å²) in [6.07, 6.45) is 12.9. The lowest BCUT2D eigenvalue weighted by atomic mass is 9.88. The third-order valence-electron chi connectivity index (χ3n) is 23.6. The third kappa shape index (κ3) is 24.3. The number of hydrogen-bond acceptors (Lipinski definition) is 17. The summed E-state index contributed by atoms with van der Waals surface area (Å²) in [5, 5.41) is 62.8. The molecule has 0 aliphatic carbocycles. The van der Waals surface area contributed by atoms with E-state index in [-0.39, 0.29) is 36.2 Å². The van der Waals surface area contributed by atoms with Gasteiger partial charge in [-0.1, -0.05) is 314 Å². The highest BCUT2D eigenvalue weighted by molar-refractivity contribution is 8.02. The molecular weight excluding hydrogens is 1870 g/mol. The number of carbonyl (C=O) groups is 7. The monoisotopic (exact) mass is 1980 g/mol. The Kier molecular flexibility index (Phi) is 34.5. The van der Waals surface area contributed by atoms with Crippen molar-refractivity contribution in [3.05, 3.63) is 269 Å². The number of aliphatic carboxylic acids is 5. The summed E-state index contributed by atoms with van der Waals surface area (Å²) in [5.74, 6) is -5.48. The van der Waals surface area contributed by atoms with Gasteiger partial charge in [-0.3, -0.25) is 56.4 Å². The third-order valence-corrected chi connectivity index (χ3v) is 30.3. The second-order valence-electron chi connectivity index (χ2n) is 36.7. The molecule has 2 atom stereocenters. The number of ketones is 2. The molecule has 0 amide bonds. The molecular formula is C106H115Cl3N10O12S5. The zero-order valence-electron chi connectivity index (χ0n) is 79.8. The molecule has 5 aromatic heterocycles. The van der Waals surface area contributed by atoms with Crippen LogP contribution in [0.3, 0.4) is 0 Å². The first-order chi connectivity index (χ1) is 64.1. The van der Waals surface area contributed by atoms with Crippen LogP contribution < -0.4 is 0 Å². The number of aryl methyl sites for hydroxylation is 2. The molecule has 0 aliphatic rings. The highest BCUT2D eigenvalue weighted by Crippen LogP contribution is 2.45. The minimum atomic E-state index is -1.01. The van der Waals surface area contributed by atoms with Gasteiger partial charge in [0.1, 0.15) is 41.3 Å². The van der Waals surface area contributed by atoms with Gasteiger partial charge in [0.05, 0.1) is 68.4 Å². The number of aromatic nitrogens is 10. The van der Waals surface area contributed by atoms with Crippen LogP contribution in [0, 0.1) is 30.6 Å². The van der Waals surface area contributed by atoms with E-state index in [1.54, 1.807) is 77.1 Å². The fourth-order valence-corrected chi connectivity index (χ4v) is 21.0. The second-order valence-corrected chi connectivity index (χ2v) is 45.8. The number of carboxylic acid groups (broad SMARTS) is 5. The first-order valence-corrected chi connectivity index (χ1v) is 49.8. The fraction of sp³-hybridized carbons (Fsp3) is 0.321. The maximum absolute atomic E-state index is 13.1. The zero-order valence-corrected chi connectivity index (χ0v) is 86.1. The number of fused-ring (bicyclic) bond motifs is 5. The lowest BCUT2D eigenvalue weighted by Gasteiger charge is -2.25. The number of halogens is 3. The van der Waals surface area contributed by atoms with Gasteiger partial charge in [-0.05, 0) is 186 Å². The van der Waals surface area contributed by atoms with E-state index < -0.39 is 65.4 Å². The number of imidazole rings is 5. The number of carbonyl (C=O) groups excluding carboxylic acids is 2. The molecule has 0 spiro atoms. The first kappa shape index (κ1) is 105. The van der Waals surface area contributed by atoms with Gasteiger partial charge in [0, 0.05) is 64.6 Å². The standard InChI is InChI=1S/C26H32N2O3S.C24H28N2O3S.C20H21ClN2O2S.C19H19ClN2O2S.C17H15ClN2O2S/c1-16(2)18-11-12-22(20-10-8-7-9-19(18)20)28-14-13-27-25(28)32-26(5,6)23(29)15-21(17(3)4)24(30)31;1-15(2)19(22(28)29)14-21(27)24(4,5)30-23-25-12-13-26(23)20-11-10-16(3)17-8-6-7-9-18(17)20;1-12(2)13-9-10-16(15-8-6-5-7-14(13)15)23-17(21)11-22-19(23)26-20(3,4)18(24)25;1-4-12-9-10-15(14-8-6-5-7-13(12)14)22-16(20)11-21-18(22)25-19(2,3)17(23)24;1-17(2,15(21)22)23-16-19-10-14(18)20(16)13-9-5-7-11-6-3-4-8-12(11)13/h7-14,16-17,21H,15H2,1-6H3,(H,30,31);6-13,15,19H,14H2,1-5H3,(H,28,29);5-12H,1-4H3,(H,24,25);5-11H,4H2,1-3H3,(H,23,24);3-10H,1-2H3,(H,21,22).